The summed E-state index contributed by atoms with van der Waals surface area (Å²) in [5.41, 5.74) is 9.48. The van der Waals surface area contributed by atoms with Gasteiger partial charge in [-0.25, -0.2) is 0 Å². The lowest BCUT2D eigenvalue weighted by atomic mass is 10.1. The van der Waals surface area contributed by atoms with E-state index in [9.17, 15) is 0 Å². The fourth-order valence-electron chi connectivity index (χ4n) is 2.14. The Labute approximate surface area is 121 Å². The first-order valence-corrected chi connectivity index (χ1v) is 6.89. The maximum atomic E-state index is 6.04. The number of hydrogen-bond donors (Lipinski definition) is 1. The van der Waals surface area contributed by atoms with Gasteiger partial charge in [-0.05, 0) is 48.4 Å². The number of rotatable bonds is 5. The zero-order valence-corrected chi connectivity index (χ0v) is 12.3. The molecule has 0 heterocycles. The number of benzene rings is 2. The number of methoxy groups -OCH3 is 1. The van der Waals surface area contributed by atoms with Gasteiger partial charge < -0.3 is 15.4 Å². The van der Waals surface area contributed by atoms with Crippen molar-refractivity contribution in [3.63, 3.8) is 0 Å². The van der Waals surface area contributed by atoms with Crippen LogP contribution in [-0.2, 0) is 0 Å². The molecule has 0 radical (unpaired) electrons. The highest BCUT2D eigenvalue weighted by Crippen LogP contribution is 2.26. The van der Waals surface area contributed by atoms with Crippen molar-refractivity contribution < 1.29 is 4.74 Å². The summed E-state index contributed by atoms with van der Waals surface area (Å²) >= 11 is 0. The smallest absolute Gasteiger partial charge is 0.119 e. The Kier molecular flexibility index (Phi) is 4.64. The molecule has 0 unspecified atom stereocenters. The maximum Gasteiger partial charge on any atom is 0.119 e. The molecule has 0 fully saturated rings. The van der Waals surface area contributed by atoms with Crippen LogP contribution in [0.2, 0.25) is 0 Å². The minimum Gasteiger partial charge on any atom is -0.497 e. The van der Waals surface area contributed by atoms with Gasteiger partial charge in [-0.2, -0.15) is 0 Å². The Hall–Kier alpha value is -2.00. The number of hydrogen-bond acceptors (Lipinski definition) is 3. The standard InChI is InChI=1S/C17H22N2O/c1-4-17(18)13-5-7-14(8-6-13)19(2)15-9-11-16(20-3)12-10-15/h5-12,17H,4,18H2,1-3H3/t17-/m0/s1. The van der Waals surface area contributed by atoms with E-state index in [2.05, 4.69) is 43.1 Å². The number of nitrogens with zero attached hydrogens (tertiary/aromatic N) is 1. The first kappa shape index (κ1) is 14.4. The molecule has 2 aromatic rings. The van der Waals surface area contributed by atoms with Gasteiger partial charge in [0.2, 0.25) is 0 Å². The van der Waals surface area contributed by atoms with Gasteiger partial charge in [0.05, 0.1) is 7.11 Å². The summed E-state index contributed by atoms with van der Waals surface area (Å²) in [6.45, 7) is 2.10. The van der Waals surface area contributed by atoms with Crippen molar-refractivity contribution in [3.05, 3.63) is 54.1 Å². The van der Waals surface area contributed by atoms with Crippen LogP contribution in [0.3, 0.4) is 0 Å². The maximum absolute atomic E-state index is 6.04. The fraction of sp³-hybridized carbons (Fsp3) is 0.294. The van der Waals surface area contributed by atoms with E-state index < -0.39 is 0 Å². The molecule has 3 heteroatoms. The first-order chi connectivity index (χ1) is 9.65. The molecular formula is C17H22N2O. The van der Waals surface area contributed by atoms with Crippen LogP contribution in [0.25, 0.3) is 0 Å². The molecule has 0 saturated carbocycles. The highest BCUT2D eigenvalue weighted by molar-refractivity contribution is 5.63. The molecule has 2 rings (SSSR count). The molecule has 2 N–H and O–H groups in total. The molecule has 0 spiro atoms. The third-order valence-electron chi connectivity index (χ3n) is 3.61. The van der Waals surface area contributed by atoms with Gasteiger partial charge in [0.15, 0.2) is 0 Å². The molecule has 106 valence electrons. The summed E-state index contributed by atoms with van der Waals surface area (Å²) in [6, 6.07) is 16.6. The highest BCUT2D eigenvalue weighted by Gasteiger charge is 2.06. The molecule has 20 heavy (non-hydrogen) atoms. The van der Waals surface area contributed by atoms with E-state index >= 15 is 0 Å². The second kappa shape index (κ2) is 6.44. The second-order valence-electron chi connectivity index (χ2n) is 4.86. The fourth-order valence-corrected chi connectivity index (χ4v) is 2.14. The molecule has 0 amide bonds. The number of ether oxygens (including phenoxy) is 1. The first-order valence-electron chi connectivity index (χ1n) is 6.89. The van der Waals surface area contributed by atoms with Gasteiger partial charge in [-0.1, -0.05) is 19.1 Å². The van der Waals surface area contributed by atoms with Gasteiger partial charge in [-0.3, -0.25) is 0 Å². The Morgan fingerprint density at radius 3 is 1.95 bits per heavy atom. The predicted octanol–water partition coefficient (Wildman–Crippen LogP) is 3.87. The van der Waals surface area contributed by atoms with Crippen molar-refractivity contribution in [2.24, 2.45) is 5.73 Å². The van der Waals surface area contributed by atoms with E-state index in [4.69, 9.17) is 10.5 Å². The van der Waals surface area contributed by atoms with Crippen molar-refractivity contribution in [1.82, 2.24) is 0 Å². The van der Waals surface area contributed by atoms with E-state index in [1.54, 1.807) is 7.11 Å². The second-order valence-corrected chi connectivity index (χ2v) is 4.86. The normalized spacial score (nSPS) is 12.0. The summed E-state index contributed by atoms with van der Waals surface area (Å²) in [7, 11) is 3.73. The molecule has 1 atom stereocenters. The third-order valence-corrected chi connectivity index (χ3v) is 3.61. The lowest BCUT2D eigenvalue weighted by Crippen LogP contribution is -2.11. The van der Waals surface area contributed by atoms with Gasteiger partial charge in [0.1, 0.15) is 5.75 Å². The zero-order valence-electron chi connectivity index (χ0n) is 12.3. The van der Waals surface area contributed by atoms with Crippen molar-refractivity contribution in [3.8, 4) is 5.75 Å². The Morgan fingerprint density at radius 1 is 1.00 bits per heavy atom. The molecular weight excluding hydrogens is 248 g/mol. The SMILES string of the molecule is CC[C@H](N)c1ccc(N(C)c2ccc(OC)cc2)cc1. The van der Waals surface area contributed by atoms with E-state index in [1.165, 1.54) is 5.56 Å². The van der Waals surface area contributed by atoms with Crippen LogP contribution in [0.15, 0.2) is 48.5 Å². The number of nitrogens with two attached hydrogens (primary N) is 1. The van der Waals surface area contributed by atoms with E-state index in [-0.39, 0.29) is 6.04 Å². The quantitative estimate of drug-likeness (QED) is 0.896. The largest absolute Gasteiger partial charge is 0.497 e. The molecule has 0 bridgehead atoms. The molecule has 0 aliphatic carbocycles. The van der Waals surface area contributed by atoms with Crippen molar-refractivity contribution in [2.45, 2.75) is 19.4 Å². The van der Waals surface area contributed by atoms with Gasteiger partial charge >= 0.3 is 0 Å². The van der Waals surface area contributed by atoms with E-state index in [1.807, 2.05) is 24.3 Å². The van der Waals surface area contributed by atoms with E-state index in [0.29, 0.717) is 0 Å². The Bertz CT molecular complexity index is 534. The molecule has 0 aliphatic heterocycles. The summed E-state index contributed by atoms with van der Waals surface area (Å²) in [5.74, 6) is 0.867. The monoisotopic (exact) mass is 270 g/mol. The van der Waals surface area contributed by atoms with Gasteiger partial charge in [0, 0.05) is 24.5 Å². The van der Waals surface area contributed by atoms with Crippen LogP contribution in [0, 0.1) is 0 Å². The van der Waals surface area contributed by atoms with Crippen molar-refractivity contribution >= 4 is 11.4 Å². The van der Waals surface area contributed by atoms with E-state index in [0.717, 1.165) is 23.5 Å². The molecule has 0 aliphatic rings. The minimum absolute atomic E-state index is 0.121. The van der Waals surface area contributed by atoms with Crippen LogP contribution in [-0.4, -0.2) is 14.2 Å². The third kappa shape index (κ3) is 3.11. The van der Waals surface area contributed by atoms with Gasteiger partial charge in [-0.15, -0.1) is 0 Å². The van der Waals surface area contributed by atoms with Gasteiger partial charge in [0.25, 0.3) is 0 Å². The number of anilines is 2. The average Bonchev–Trinajstić information content (AvgIpc) is 2.53. The molecule has 0 aromatic heterocycles. The molecule has 2 aromatic carbocycles. The predicted molar refractivity (Wildman–Crippen MR) is 84.7 cm³/mol. The summed E-state index contributed by atoms with van der Waals surface area (Å²) in [6.07, 6.45) is 0.952. The summed E-state index contributed by atoms with van der Waals surface area (Å²) in [4.78, 5) is 2.14. The Balaban J connectivity index is 2.17. The van der Waals surface area contributed by atoms with Crippen LogP contribution < -0.4 is 15.4 Å². The lowest BCUT2D eigenvalue weighted by molar-refractivity contribution is 0.415. The van der Waals surface area contributed by atoms with Crippen LogP contribution >= 0.6 is 0 Å². The minimum atomic E-state index is 0.121. The van der Waals surface area contributed by atoms with Crippen LogP contribution in [0.4, 0.5) is 11.4 Å². The van der Waals surface area contributed by atoms with Crippen LogP contribution in [0.1, 0.15) is 24.9 Å². The topological polar surface area (TPSA) is 38.5 Å². The Morgan fingerprint density at radius 2 is 1.50 bits per heavy atom. The average molecular weight is 270 g/mol. The summed E-state index contributed by atoms with van der Waals surface area (Å²) in [5, 5.41) is 0. The lowest BCUT2D eigenvalue weighted by Gasteiger charge is -2.20. The van der Waals surface area contributed by atoms with Crippen LogP contribution in [0.5, 0.6) is 5.75 Å². The zero-order chi connectivity index (χ0) is 14.5. The van der Waals surface area contributed by atoms with Crippen molar-refractivity contribution in [2.75, 3.05) is 19.1 Å². The van der Waals surface area contributed by atoms with Crippen molar-refractivity contribution in [1.29, 1.82) is 0 Å². The highest BCUT2D eigenvalue weighted by atomic mass is 16.5. The molecule has 0 saturated heterocycles. The molecule has 3 nitrogen and oxygen atoms in total. The summed E-state index contributed by atoms with van der Waals surface area (Å²) < 4.78 is 5.18.